The normalized spacial score (nSPS) is 25.8. The fourth-order valence-electron chi connectivity index (χ4n) is 2.43. The molecule has 2 aromatic rings. The highest BCUT2D eigenvalue weighted by Gasteiger charge is 2.38. The molecule has 0 unspecified atom stereocenters. The van der Waals surface area contributed by atoms with Crippen LogP contribution in [-0.4, -0.2) is 17.8 Å². The van der Waals surface area contributed by atoms with Crippen LogP contribution in [0.4, 0.5) is 5.69 Å². The monoisotopic (exact) mass is 271 g/mol. The molecule has 0 aromatic heterocycles. The van der Waals surface area contributed by atoms with Gasteiger partial charge in [0.1, 0.15) is 12.2 Å². The number of hydrogen-bond acceptors (Lipinski definition) is 4. The van der Waals surface area contributed by atoms with Crippen molar-refractivity contribution < 1.29 is 14.6 Å². The third-order valence-corrected chi connectivity index (χ3v) is 3.46. The number of rotatable bonds is 3. The predicted octanol–water partition coefficient (Wildman–Crippen LogP) is 2.42. The summed E-state index contributed by atoms with van der Waals surface area (Å²) in [5, 5.41) is 9.51. The lowest BCUT2D eigenvalue weighted by Gasteiger charge is -2.16. The minimum absolute atomic E-state index is 0.109. The summed E-state index contributed by atoms with van der Waals surface area (Å²) in [5.41, 5.74) is 8.42. The van der Waals surface area contributed by atoms with Gasteiger partial charge < -0.3 is 20.3 Å². The van der Waals surface area contributed by atoms with Crippen molar-refractivity contribution in [2.24, 2.45) is 0 Å². The summed E-state index contributed by atoms with van der Waals surface area (Å²) in [5.74, 6) is 0. The highest BCUT2D eigenvalue weighted by atomic mass is 16.7. The van der Waals surface area contributed by atoms with Crippen molar-refractivity contribution in [3.63, 3.8) is 0 Å². The first kappa shape index (κ1) is 13.1. The molecule has 0 spiro atoms. The topological polar surface area (TPSA) is 64.7 Å². The van der Waals surface area contributed by atoms with Crippen molar-refractivity contribution in [1.82, 2.24) is 0 Å². The minimum Gasteiger partial charge on any atom is -0.398 e. The summed E-state index contributed by atoms with van der Waals surface area (Å²) in [7, 11) is 0. The van der Waals surface area contributed by atoms with Crippen LogP contribution in [0.5, 0.6) is 0 Å². The fourth-order valence-corrected chi connectivity index (χ4v) is 2.43. The van der Waals surface area contributed by atoms with Gasteiger partial charge in [0, 0.05) is 16.8 Å². The molecule has 104 valence electrons. The van der Waals surface area contributed by atoms with Gasteiger partial charge in [-0.1, -0.05) is 48.5 Å². The Balaban J connectivity index is 1.87. The van der Waals surface area contributed by atoms with Crippen LogP contribution in [0.1, 0.15) is 23.5 Å². The fraction of sp³-hybridized carbons (Fsp3) is 0.250. The highest BCUT2D eigenvalue weighted by molar-refractivity contribution is 5.48. The lowest BCUT2D eigenvalue weighted by Crippen LogP contribution is -2.20. The molecule has 4 heteroatoms. The highest BCUT2D eigenvalue weighted by Crippen LogP contribution is 2.41. The number of aliphatic hydroxyl groups excluding tert-OH is 1. The molecule has 2 aromatic carbocycles. The van der Waals surface area contributed by atoms with Crippen molar-refractivity contribution >= 4 is 5.69 Å². The quantitative estimate of drug-likeness (QED) is 0.841. The van der Waals surface area contributed by atoms with E-state index >= 15 is 0 Å². The smallest absolute Gasteiger partial charge is 0.185 e. The Kier molecular flexibility index (Phi) is 3.69. The van der Waals surface area contributed by atoms with Gasteiger partial charge in [-0.05, 0) is 6.07 Å². The maximum absolute atomic E-state index is 9.51. The van der Waals surface area contributed by atoms with Gasteiger partial charge in [0.25, 0.3) is 0 Å². The van der Waals surface area contributed by atoms with Crippen LogP contribution in [0.2, 0.25) is 0 Å². The van der Waals surface area contributed by atoms with Crippen molar-refractivity contribution in [2.75, 3.05) is 12.3 Å². The van der Waals surface area contributed by atoms with Gasteiger partial charge in [0.05, 0.1) is 6.61 Å². The molecule has 0 bridgehead atoms. The molecule has 4 nitrogen and oxygen atoms in total. The second-order valence-corrected chi connectivity index (χ2v) is 4.79. The molecule has 3 atom stereocenters. The Hall–Kier alpha value is -1.88. The van der Waals surface area contributed by atoms with Crippen LogP contribution in [0.25, 0.3) is 0 Å². The van der Waals surface area contributed by atoms with Crippen molar-refractivity contribution in [3.05, 3.63) is 65.7 Å². The van der Waals surface area contributed by atoms with Crippen molar-refractivity contribution in [1.29, 1.82) is 0 Å². The first-order chi connectivity index (χ1) is 9.79. The molecule has 1 heterocycles. The van der Waals surface area contributed by atoms with Gasteiger partial charge in [-0.2, -0.15) is 0 Å². The van der Waals surface area contributed by atoms with Gasteiger partial charge in [-0.15, -0.1) is 0 Å². The van der Waals surface area contributed by atoms with E-state index in [-0.39, 0.29) is 12.7 Å². The summed E-state index contributed by atoms with van der Waals surface area (Å²) >= 11 is 0. The summed E-state index contributed by atoms with van der Waals surface area (Å²) in [6.45, 7) is -0.109. The van der Waals surface area contributed by atoms with E-state index in [1.807, 2.05) is 54.6 Å². The van der Waals surface area contributed by atoms with E-state index in [0.717, 1.165) is 11.1 Å². The number of nitrogen functional groups attached to an aromatic ring is 1. The maximum Gasteiger partial charge on any atom is 0.185 e. The number of ether oxygens (including phenoxy) is 2. The molecule has 1 aliphatic heterocycles. The zero-order chi connectivity index (χ0) is 13.9. The van der Waals surface area contributed by atoms with E-state index in [9.17, 15) is 5.11 Å². The summed E-state index contributed by atoms with van der Waals surface area (Å²) in [4.78, 5) is 0. The lowest BCUT2D eigenvalue weighted by atomic mass is 10.0. The SMILES string of the molecule is Nc1ccccc1[C@H]1O[C@@H](c2ccccc2)O[C@@H]1CO. The van der Waals surface area contributed by atoms with E-state index in [2.05, 4.69) is 0 Å². The number of anilines is 1. The average Bonchev–Trinajstić information content (AvgIpc) is 2.93. The molecule has 1 fully saturated rings. The Labute approximate surface area is 117 Å². The summed E-state index contributed by atoms with van der Waals surface area (Å²) < 4.78 is 11.7. The van der Waals surface area contributed by atoms with Crippen molar-refractivity contribution in [2.45, 2.75) is 18.5 Å². The van der Waals surface area contributed by atoms with Gasteiger partial charge >= 0.3 is 0 Å². The van der Waals surface area contributed by atoms with Crippen LogP contribution in [0.15, 0.2) is 54.6 Å². The minimum atomic E-state index is -0.474. The zero-order valence-corrected chi connectivity index (χ0v) is 11.0. The van der Waals surface area contributed by atoms with Gasteiger partial charge in [0.2, 0.25) is 0 Å². The number of aliphatic hydroxyl groups is 1. The van der Waals surface area contributed by atoms with E-state index in [1.54, 1.807) is 0 Å². The number of hydrogen-bond donors (Lipinski definition) is 2. The van der Waals surface area contributed by atoms with E-state index in [4.69, 9.17) is 15.2 Å². The van der Waals surface area contributed by atoms with Crippen molar-refractivity contribution in [3.8, 4) is 0 Å². The van der Waals surface area contributed by atoms with Crippen LogP contribution in [0, 0.1) is 0 Å². The lowest BCUT2D eigenvalue weighted by molar-refractivity contribution is -0.0739. The standard InChI is InChI=1S/C16H17NO3/c17-13-9-5-4-8-12(13)15-14(10-18)19-16(20-15)11-6-2-1-3-7-11/h1-9,14-16,18H,10,17H2/t14-,15-,16+/m1/s1. The first-order valence-electron chi connectivity index (χ1n) is 6.60. The third kappa shape index (κ3) is 2.41. The number of para-hydroxylation sites is 1. The van der Waals surface area contributed by atoms with Crippen LogP contribution < -0.4 is 5.73 Å². The molecule has 0 saturated carbocycles. The van der Waals surface area contributed by atoms with E-state index < -0.39 is 12.4 Å². The molecule has 1 aliphatic rings. The Morgan fingerprint density at radius 2 is 1.65 bits per heavy atom. The second kappa shape index (κ2) is 5.63. The Bertz CT molecular complexity index is 573. The third-order valence-electron chi connectivity index (χ3n) is 3.46. The van der Waals surface area contributed by atoms with Gasteiger partial charge in [-0.25, -0.2) is 0 Å². The van der Waals surface area contributed by atoms with Crippen LogP contribution in [0.3, 0.4) is 0 Å². The molecule has 0 radical (unpaired) electrons. The van der Waals surface area contributed by atoms with E-state index in [1.165, 1.54) is 0 Å². The Morgan fingerprint density at radius 1 is 0.950 bits per heavy atom. The molecule has 3 N–H and O–H groups in total. The average molecular weight is 271 g/mol. The second-order valence-electron chi connectivity index (χ2n) is 4.79. The summed E-state index contributed by atoms with van der Waals surface area (Å²) in [6, 6.07) is 17.2. The number of benzene rings is 2. The molecule has 0 aliphatic carbocycles. The zero-order valence-electron chi connectivity index (χ0n) is 11.0. The van der Waals surface area contributed by atoms with E-state index in [0.29, 0.717) is 5.69 Å². The molecule has 0 amide bonds. The molecule has 1 saturated heterocycles. The first-order valence-corrected chi connectivity index (χ1v) is 6.60. The van der Waals surface area contributed by atoms with Crippen LogP contribution in [-0.2, 0) is 9.47 Å². The summed E-state index contributed by atoms with van der Waals surface area (Å²) in [6.07, 6.45) is -1.24. The molecular formula is C16H17NO3. The molecule has 3 rings (SSSR count). The Morgan fingerprint density at radius 3 is 2.35 bits per heavy atom. The molecule has 20 heavy (non-hydrogen) atoms. The van der Waals surface area contributed by atoms with Gasteiger partial charge in [-0.3, -0.25) is 0 Å². The predicted molar refractivity (Wildman–Crippen MR) is 75.8 cm³/mol. The van der Waals surface area contributed by atoms with Gasteiger partial charge in [0.15, 0.2) is 6.29 Å². The molecular weight excluding hydrogens is 254 g/mol. The van der Waals surface area contributed by atoms with Crippen LogP contribution >= 0.6 is 0 Å². The largest absolute Gasteiger partial charge is 0.398 e. The number of nitrogens with two attached hydrogens (primary N) is 1. The maximum atomic E-state index is 9.51.